The van der Waals surface area contributed by atoms with Crippen LogP contribution in [0, 0.1) is 0 Å². The van der Waals surface area contributed by atoms with Gasteiger partial charge in [-0.15, -0.1) is 0 Å². The number of fused-ring (bicyclic) bond motifs is 1. The van der Waals surface area contributed by atoms with Crippen molar-refractivity contribution in [1.29, 1.82) is 0 Å². The van der Waals surface area contributed by atoms with Gasteiger partial charge in [-0.25, -0.2) is 4.79 Å². The average molecular weight is 239 g/mol. The SMILES string of the molecule is O=C(O)c1ccc(N2CCc3ccccc32)cc1. The molecule has 3 heteroatoms. The molecule has 0 spiro atoms. The third-order valence-corrected chi connectivity index (χ3v) is 3.31. The quantitative estimate of drug-likeness (QED) is 0.875. The van der Waals surface area contributed by atoms with Crippen molar-refractivity contribution in [1.82, 2.24) is 0 Å². The third kappa shape index (κ3) is 1.74. The summed E-state index contributed by atoms with van der Waals surface area (Å²) in [5, 5.41) is 8.89. The van der Waals surface area contributed by atoms with E-state index in [1.807, 2.05) is 18.2 Å². The minimum absolute atomic E-state index is 0.325. The van der Waals surface area contributed by atoms with Crippen LogP contribution in [0.2, 0.25) is 0 Å². The van der Waals surface area contributed by atoms with Crippen LogP contribution in [-0.2, 0) is 6.42 Å². The van der Waals surface area contributed by atoms with Gasteiger partial charge in [0.15, 0.2) is 0 Å². The summed E-state index contributed by atoms with van der Waals surface area (Å²) in [4.78, 5) is 13.0. The van der Waals surface area contributed by atoms with Crippen molar-refractivity contribution in [3.8, 4) is 0 Å². The number of carboxylic acids is 1. The number of benzene rings is 2. The highest BCUT2D eigenvalue weighted by molar-refractivity contribution is 5.88. The van der Waals surface area contributed by atoms with Crippen LogP contribution in [0.15, 0.2) is 48.5 Å². The molecule has 0 atom stereocenters. The fraction of sp³-hybridized carbons (Fsp3) is 0.133. The standard InChI is InChI=1S/C15H13NO2/c17-15(18)12-5-7-13(8-6-12)16-10-9-11-3-1-2-4-14(11)16/h1-8H,9-10H2,(H,17,18). The predicted octanol–water partition coefficient (Wildman–Crippen LogP) is 3.08. The Bertz CT molecular complexity index is 590. The zero-order valence-corrected chi connectivity index (χ0v) is 9.84. The van der Waals surface area contributed by atoms with Gasteiger partial charge in [0.2, 0.25) is 0 Å². The third-order valence-electron chi connectivity index (χ3n) is 3.31. The molecule has 1 heterocycles. The highest BCUT2D eigenvalue weighted by atomic mass is 16.4. The van der Waals surface area contributed by atoms with Gasteiger partial charge >= 0.3 is 5.97 Å². The van der Waals surface area contributed by atoms with Gasteiger partial charge in [0.25, 0.3) is 0 Å². The van der Waals surface area contributed by atoms with Gasteiger partial charge in [0, 0.05) is 17.9 Å². The number of hydrogen-bond acceptors (Lipinski definition) is 2. The van der Waals surface area contributed by atoms with Gasteiger partial charge in [-0.3, -0.25) is 0 Å². The molecule has 2 aromatic rings. The van der Waals surface area contributed by atoms with E-state index in [-0.39, 0.29) is 0 Å². The number of carbonyl (C=O) groups is 1. The number of para-hydroxylation sites is 1. The van der Waals surface area contributed by atoms with Gasteiger partial charge < -0.3 is 10.0 Å². The van der Waals surface area contributed by atoms with E-state index in [1.165, 1.54) is 11.3 Å². The number of aromatic carboxylic acids is 1. The maximum atomic E-state index is 10.8. The molecule has 0 saturated heterocycles. The van der Waals surface area contributed by atoms with Crippen molar-refractivity contribution >= 4 is 17.3 Å². The molecule has 0 saturated carbocycles. The van der Waals surface area contributed by atoms with E-state index in [2.05, 4.69) is 23.1 Å². The topological polar surface area (TPSA) is 40.5 Å². The lowest BCUT2D eigenvalue weighted by Gasteiger charge is -2.19. The van der Waals surface area contributed by atoms with Gasteiger partial charge in [-0.05, 0) is 42.3 Å². The second-order valence-electron chi connectivity index (χ2n) is 4.38. The number of anilines is 2. The van der Waals surface area contributed by atoms with Crippen LogP contribution >= 0.6 is 0 Å². The van der Waals surface area contributed by atoms with Gasteiger partial charge in [-0.2, -0.15) is 0 Å². The highest BCUT2D eigenvalue weighted by Gasteiger charge is 2.19. The van der Waals surface area contributed by atoms with Crippen LogP contribution in [0.25, 0.3) is 0 Å². The summed E-state index contributed by atoms with van der Waals surface area (Å²) in [6, 6.07) is 15.4. The molecular formula is C15H13NO2. The van der Waals surface area contributed by atoms with Crippen molar-refractivity contribution in [3.63, 3.8) is 0 Å². The molecule has 0 amide bonds. The Morgan fingerprint density at radius 3 is 2.50 bits per heavy atom. The normalized spacial score (nSPS) is 13.4. The van der Waals surface area contributed by atoms with E-state index in [4.69, 9.17) is 5.11 Å². The van der Waals surface area contributed by atoms with E-state index < -0.39 is 5.97 Å². The first kappa shape index (κ1) is 10.8. The first-order valence-corrected chi connectivity index (χ1v) is 5.94. The van der Waals surface area contributed by atoms with Crippen molar-refractivity contribution in [2.24, 2.45) is 0 Å². The van der Waals surface area contributed by atoms with E-state index in [9.17, 15) is 4.79 Å². The Labute approximate surface area is 105 Å². The molecule has 0 aromatic heterocycles. The minimum atomic E-state index is -0.886. The second kappa shape index (κ2) is 4.18. The number of carboxylic acid groups (broad SMARTS) is 1. The number of nitrogens with zero attached hydrogens (tertiary/aromatic N) is 1. The maximum Gasteiger partial charge on any atom is 0.335 e. The molecule has 1 aliphatic rings. The molecule has 1 N–H and O–H groups in total. The second-order valence-corrected chi connectivity index (χ2v) is 4.38. The van der Waals surface area contributed by atoms with Gasteiger partial charge in [0.05, 0.1) is 5.56 Å². The van der Waals surface area contributed by atoms with Crippen LogP contribution in [-0.4, -0.2) is 17.6 Å². The van der Waals surface area contributed by atoms with Crippen molar-refractivity contribution in [2.45, 2.75) is 6.42 Å². The first-order chi connectivity index (χ1) is 8.75. The number of hydrogen-bond donors (Lipinski definition) is 1. The Morgan fingerprint density at radius 1 is 1.06 bits per heavy atom. The minimum Gasteiger partial charge on any atom is -0.478 e. The first-order valence-electron chi connectivity index (χ1n) is 5.94. The van der Waals surface area contributed by atoms with E-state index in [1.54, 1.807) is 12.1 Å². The van der Waals surface area contributed by atoms with Crippen LogP contribution in [0.1, 0.15) is 15.9 Å². The molecule has 1 aliphatic heterocycles. The Balaban J connectivity index is 1.95. The molecule has 3 nitrogen and oxygen atoms in total. The van der Waals surface area contributed by atoms with Gasteiger partial charge in [0.1, 0.15) is 0 Å². The Hall–Kier alpha value is -2.29. The van der Waals surface area contributed by atoms with E-state index >= 15 is 0 Å². The lowest BCUT2D eigenvalue weighted by Crippen LogP contribution is -2.13. The smallest absolute Gasteiger partial charge is 0.335 e. The molecule has 0 aliphatic carbocycles. The van der Waals surface area contributed by atoms with Crippen molar-refractivity contribution < 1.29 is 9.90 Å². The zero-order chi connectivity index (χ0) is 12.5. The summed E-state index contributed by atoms with van der Waals surface area (Å²) in [6.07, 6.45) is 1.04. The zero-order valence-electron chi connectivity index (χ0n) is 9.84. The molecular weight excluding hydrogens is 226 g/mol. The Kier molecular flexibility index (Phi) is 2.52. The largest absolute Gasteiger partial charge is 0.478 e. The molecule has 3 rings (SSSR count). The summed E-state index contributed by atoms with van der Waals surface area (Å²) >= 11 is 0. The average Bonchev–Trinajstić information content (AvgIpc) is 2.82. The van der Waals surface area contributed by atoms with Crippen LogP contribution in [0.3, 0.4) is 0 Å². The predicted molar refractivity (Wildman–Crippen MR) is 70.6 cm³/mol. The monoisotopic (exact) mass is 239 g/mol. The molecule has 90 valence electrons. The molecule has 0 unspecified atom stereocenters. The van der Waals surface area contributed by atoms with Crippen LogP contribution < -0.4 is 4.90 Å². The van der Waals surface area contributed by atoms with Gasteiger partial charge in [-0.1, -0.05) is 18.2 Å². The summed E-state index contributed by atoms with van der Waals surface area (Å²) < 4.78 is 0. The highest BCUT2D eigenvalue weighted by Crippen LogP contribution is 2.34. The molecule has 0 fully saturated rings. The number of rotatable bonds is 2. The summed E-state index contributed by atoms with van der Waals surface area (Å²) in [7, 11) is 0. The lowest BCUT2D eigenvalue weighted by atomic mass is 10.1. The summed E-state index contributed by atoms with van der Waals surface area (Å²) in [6.45, 7) is 0.950. The molecule has 2 aromatic carbocycles. The van der Waals surface area contributed by atoms with Crippen molar-refractivity contribution in [3.05, 3.63) is 59.7 Å². The molecule has 18 heavy (non-hydrogen) atoms. The lowest BCUT2D eigenvalue weighted by molar-refractivity contribution is 0.0697. The van der Waals surface area contributed by atoms with E-state index in [0.29, 0.717) is 5.56 Å². The molecule has 0 radical (unpaired) electrons. The van der Waals surface area contributed by atoms with E-state index in [0.717, 1.165) is 18.7 Å². The van der Waals surface area contributed by atoms with Crippen molar-refractivity contribution in [2.75, 3.05) is 11.4 Å². The maximum absolute atomic E-state index is 10.8. The Morgan fingerprint density at radius 2 is 1.78 bits per heavy atom. The summed E-state index contributed by atoms with van der Waals surface area (Å²) in [5.41, 5.74) is 3.94. The summed E-state index contributed by atoms with van der Waals surface area (Å²) in [5.74, 6) is -0.886. The fourth-order valence-corrected chi connectivity index (χ4v) is 2.39. The van der Waals surface area contributed by atoms with Crippen LogP contribution in [0.5, 0.6) is 0 Å². The molecule has 0 bridgehead atoms. The van der Waals surface area contributed by atoms with Crippen LogP contribution in [0.4, 0.5) is 11.4 Å². The fourth-order valence-electron chi connectivity index (χ4n) is 2.39.